The van der Waals surface area contributed by atoms with Crippen molar-refractivity contribution in [1.29, 1.82) is 0 Å². The second kappa shape index (κ2) is 6.44. The molecule has 116 valence electrons. The first kappa shape index (κ1) is 15.6. The van der Waals surface area contributed by atoms with Crippen molar-refractivity contribution < 1.29 is 4.74 Å². The summed E-state index contributed by atoms with van der Waals surface area (Å²) in [5.74, 6) is 0.718. The number of nitrogens with one attached hydrogen (secondary N) is 1. The number of hydrogen-bond donors (Lipinski definition) is 1. The van der Waals surface area contributed by atoms with Crippen molar-refractivity contribution in [3.63, 3.8) is 0 Å². The summed E-state index contributed by atoms with van der Waals surface area (Å²) in [4.78, 5) is 19.2. The number of para-hydroxylation sites is 1. The second-order valence-electron chi connectivity index (χ2n) is 4.81. The zero-order valence-electron chi connectivity index (χ0n) is 12.1. The van der Waals surface area contributed by atoms with Gasteiger partial charge in [0.25, 0.3) is 5.56 Å². The van der Waals surface area contributed by atoms with Crippen LogP contribution in [-0.4, -0.2) is 17.1 Å². The Hall–Kier alpha value is -2.30. The number of fused-ring (bicyclic) bond motifs is 1. The van der Waals surface area contributed by atoms with Crippen molar-refractivity contribution in [3.05, 3.63) is 68.1 Å². The molecule has 3 aromatic rings. The monoisotopic (exact) mass is 346 g/mol. The maximum Gasteiger partial charge on any atom is 0.274 e. The summed E-state index contributed by atoms with van der Waals surface area (Å²) in [7, 11) is 1.60. The minimum Gasteiger partial charge on any atom is -0.496 e. The predicted molar refractivity (Wildman–Crippen MR) is 94.3 cm³/mol. The Balaban J connectivity index is 2.06. The Bertz CT molecular complexity index is 964. The van der Waals surface area contributed by atoms with Crippen LogP contribution >= 0.6 is 23.2 Å². The van der Waals surface area contributed by atoms with Gasteiger partial charge in [-0.05, 0) is 30.4 Å². The minimum absolute atomic E-state index is 0.279. The van der Waals surface area contributed by atoms with Gasteiger partial charge in [0.05, 0.1) is 28.2 Å². The maximum atomic E-state index is 12.1. The van der Waals surface area contributed by atoms with Crippen LogP contribution < -0.4 is 10.3 Å². The van der Waals surface area contributed by atoms with Crippen LogP contribution in [-0.2, 0) is 0 Å². The average Bonchev–Trinajstić information content (AvgIpc) is 2.55. The highest BCUT2D eigenvalue weighted by molar-refractivity contribution is 6.42. The van der Waals surface area contributed by atoms with Crippen molar-refractivity contribution in [1.82, 2.24) is 9.97 Å². The average molecular weight is 347 g/mol. The summed E-state index contributed by atoms with van der Waals surface area (Å²) < 4.78 is 5.27. The van der Waals surface area contributed by atoms with Crippen molar-refractivity contribution in [2.24, 2.45) is 0 Å². The van der Waals surface area contributed by atoms with Gasteiger partial charge in [-0.2, -0.15) is 0 Å². The number of halogens is 2. The van der Waals surface area contributed by atoms with Crippen molar-refractivity contribution >= 4 is 46.4 Å². The molecule has 0 radical (unpaired) electrons. The minimum atomic E-state index is -0.304. The van der Waals surface area contributed by atoms with Gasteiger partial charge in [-0.3, -0.25) is 4.79 Å². The molecule has 2 aromatic carbocycles. The lowest BCUT2D eigenvalue weighted by Gasteiger charge is -2.04. The van der Waals surface area contributed by atoms with Gasteiger partial charge in [-0.25, -0.2) is 4.98 Å². The molecule has 0 aliphatic heterocycles. The fraction of sp³-hybridized carbons (Fsp3) is 0.0588. The molecule has 1 N–H and O–H groups in total. The topological polar surface area (TPSA) is 55.0 Å². The molecular formula is C17H12Cl2N2O2. The van der Waals surface area contributed by atoms with Gasteiger partial charge in [0, 0.05) is 5.56 Å². The number of hydrogen-bond acceptors (Lipinski definition) is 3. The van der Waals surface area contributed by atoms with E-state index >= 15 is 0 Å². The standard InChI is InChI=1S/C17H12Cl2N2O2/c1-23-16-5-3-2-4-10(16)6-7-13-17(22)21-15-9-12(19)11(18)8-14(15)20-13/h2-9H,1H3,(H,21,22). The molecular weight excluding hydrogens is 335 g/mol. The largest absolute Gasteiger partial charge is 0.496 e. The van der Waals surface area contributed by atoms with Crippen molar-refractivity contribution in [2.45, 2.75) is 0 Å². The maximum absolute atomic E-state index is 12.1. The van der Waals surface area contributed by atoms with Crippen LogP contribution in [0.4, 0.5) is 0 Å². The molecule has 1 aromatic heterocycles. The smallest absolute Gasteiger partial charge is 0.274 e. The van der Waals surface area contributed by atoms with Crippen LogP contribution in [0.1, 0.15) is 11.3 Å². The molecule has 23 heavy (non-hydrogen) atoms. The number of aromatic amines is 1. The summed E-state index contributed by atoms with van der Waals surface area (Å²) >= 11 is 11.9. The number of methoxy groups -OCH3 is 1. The van der Waals surface area contributed by atoms with Crippen molar-refractivity contribution in [2.75, 3.05) is 7.11 Å². The van der Waals surface area contributed by atoms with E-state index in [2.05, 4.69) is 9.97 Å². The summed E-state index contributed by atoms with van der Waals surface area (Å²) in [5.41, 5.74) is 1.94. The molecule has 0 aliphatic carbocycles. The third-order valence-electron chi connectivity index (χ3n) is 3.32. The Morgan fingerprint density at radius 3 is 2.65 bits per heavy atom. The molecule has 3 rings (SSSR count). The van der Waals surface area contributed by atoms with Gasteiger partial charge < -0.3 is 9.72 Å². The molecule has 4 nitrogen and oxygen atoms in total. The Labute approximate surface area is 142 Å². The lowest BCUT2D eigenvalue weighted by molar-refractivity contribution is 0.414. The summed E-state index contributed by atoms with van der Waals surface area (Å²) in [5, 5.41) is 0.757. The molecule has 0 amide bonds. The molecule has 0 saturated carbocycles. The van der Waals surface area contributed by atoms with E-state index in [4.69, 9.17) is 27.9 Å². The van der Waals surface area contributed by atoms with Crippen LogP contribution in [0.25, 0.3) is 23.2 Å². The molecule has 0 atom stereocenters. The van der Waals surface area contributed by atoms with Gasteiger partial charge in [-0.15, -0.1) is 0 Å². The van der Waals surface area contributed by atoms with Gasteiger partial charge >= 0.3 is 0 Å². The van der Waals surface area contributed by atoms with Crippen LogP contribution in [0.3, 0.4) is 0 Å². The van der Waals surface area contributed by atoms with E-state index in [-0.39, 0.29) is 11.3 Å². The molecule has 0 saturated heterocycles. The number of aromatic nitrogens is 2. The van der Waals surface area contributed by atoms with Crippen LogP contribution in [0.5, 0.6) is 5.75 Å². The predicted octanol–water partition coefficient (Wildman–Crippen LogP) is 4.41. The summed E-state index contributed by atoms with van der Waals surface area (Å²) in [6, 6.07) is 10.7. The Kier molecular flexibility index (Phi) is 4.37. The highest BCUT2D eigenvalue weighted by Gasteiger charge is 2.06. The lowest BCUT2D eigenvalue weighted by atomic mass is 10.1. The van der Waals surface area contributed by atoms with Crippen LogP contribution in [0.2, 0.25) is 10.0 Å². The number of nitrogens with zero attached hydrogens (tertiary/aromatic N) is 1. The second-order valence-corrected chi connectivity index (χ2v) is 5.62. The van der Waals surface area contributed by atoms with E-state index in [1.807, 2.05) is 24.3 Å². The molecule has 0 aliphatic rings. The fourth-order valence-electron chi connectivity index (χ4n) is 2.18. The molecule has 1 heterocycles. The van der Waals surface area contributed by atoms with Gasteiger partial charge in [-0.1, -0.05) is 41.4 Å². The van der Waals surface area contributed by atoms with Gasteiger partial charge in [0.2, 0.25) is 0 Å². The third-order valence-corrected chi connectivity index (χ3v) is 4.04. The summed E-state index contributed by atoms with van der Waals surface area (Å²) in [6.45, 7) is 0. The number of ether oxygens (including phenoxy) is 1. The van der Waals surface area contributed by atoms with Crippen LogP contribution in [0.15, 0.2) is 41.2 Å². The first-order valence-corrected chi connectivity index (χ1v) is 7.54. The number of benzene rings is 2. The molecule has 0 unspecified atom stereocenters. The lowest BCUT2D eigenvalue weighted by Crippen LogP contribution is -2.11. The van der Waals surface area contributed by atoms with Crippen LogP contribution in [0, 0.1) is 0 Å². The Morgan fingerprint density at radius 1 is 1.13 bits per heavy atom. The van der Waals surface area contributed by atoms with E-state index in [0.717, 1.165) is 11.3 Å². The SMILES string of the molecule is COc1ccccc1C=Cc1nc2cc(Cl)c(Cl)cc2[nH]c1=O. The quantitative estimate of drug-likeness (QED) is 0.764. The number of rotatable bonds is 3. The van der Waals surface area contributed by atoms with E-state index in [9.17, 15) is 4.79 Å². The Morgan fingerprint density at radius 2 is 1.87 bits per heavy atom. The normalized spacial score (nSPS) is 11.3. The highest BCUT2D eigenvalue weighted by atomic mass is 35.5. The van der Waals surface area contributed by atoms with Crippen molar-refractivity contribution in [3.8, 4) is 5.75 Å². The fourth-order valence-corrected chi connectivity index (χ4v) is 2.50. The van der Waals surface area contributed by atoms with E-state index in [1.54, 1.807) is 31.4 Å². The first-order valence-electron chi connectivity index (χ1n) is 6.78. The third kappa shape index (κ3) is 3.23. The first-order chi connectivity index (χ1) is 11.1. The molecule has 6 heteroatoms. The van der Waals surface area contributed by atoms with Gasteiger partial charge in [0.15, 0.2) is 0 Å². The van der Waals surface area contributed by atoms with Gasteiger partial charge in [0.1, 0.15) is 11.4 Å². The van der Waals surface area contributed by atoms with E-state index < -0.39 is 0 Å². The number of H-pyrrole nitrogens is 1. The van der Waals surface area contributed by atoms with E-state index in [0.29, 0.717) is 21.1 Å². The molecule has 0 bridgehead atoms. The molecule has 0 spiro atoms. The summed E-state index contributed by atoms with van der Waals surface area (Å²) in [6.07, 6.45) is 3.42. The zero-order valence-corrected chi connectivity index (χ0v) is 13.7. The molecule has 0 fully saturated rings. The van der Waals surface area contributed by atoms with E-state index in [1.165, 1.54) is 0 Å². The highest BCUT2D eigenvalue weighted by Crippen LogP contribution is 2.25. The zero-order chi connectivity index (χ0) is 16.4.